The molecule has 0 aromatic heterocycles. The summed E-state index contributed by atoms with van der Waals surface area (Å²) in [6.45, 7) is 0. The quantitative estimate of drug-likeness (QED) is 0.242. The molecule has 5 heteroatoms. The van der Waals surface area contributed by atoms with Crippen LogP contribution in [0.2, 0.25) is 0 Å². The van der Waals surface area contributed by atoms with Crippen LogP contribution in [0.25, 0.3) is 0 Å². The summed E-state index contributed by atoms with van der Waals surface area (Å²) in [4.78, 5) is 0. The first-order valence-electron chi connectivity index (χ1n) is 0.789. The molecule has 3 nitrogen and oxygen atoms in total. The molecular weight excluding hydrogens is 115 g/mol. The van der Waals surface area contributed by atoms with Crippen molar-refractivity contribution in [1.82, 2.24) is 0 Å². The molecule has 1 radical (unpaired) electrons. The molecule has 0 N–H and O–H groups in total. The van der Waals surface area contributed by atoms with Gasteiger partial charge in [0, 0.05) is 0 Å². The molecule has 0 aromatic carbocycles. The van der Waals surface area contributed by atoms with E-state index in [0.29, 0.717) is 0 Å². The summed E-state index contributed by atoms with van der Waals surface area (Å²) >= 11 is 0. The van der Waals surface area contributed by atoms with Crippen LogP contribution in [0.3, 0.4) is 0 Å². The molecule has 0 unspecified atom stereocenters. The summed E-state index contributed by atoms with van der Waals surface area (Å²) in [7, 11) is -4.17. The minimum atomic E-state index is -4.17. The molecular formula is CH2NaO3S. The van der Waals surface area contributed by atoms with Crippen LogP contribution in [-0.4, -0.2) is 13.0 Å². The number of rotatable bonds is 0. The van der Waals surface area contributed by atoms with Gasteiger partial charge in [-0.05, 0) is 0 Å². The third kappa shape index (κ3) is 90.6. The van der Waals surface area contributed by atoms with Crippen LogP contribution in [-0.2, 0) is 10.1 Å². The summed E-state index contributed by atoms with van der Waals surface area (Å²) in [6, 6.07) is 0. The van der Waals surface area contributed by atoms with Gasteiger partial charge in [-0.3, -0.25) is 0 Å². The van der Waals surface area contributed by atoms with Crippen molar-refractivity contribution in [3.63, 3.8) is 0 Å². The number of hydrogen-bond acceptors (Lipinski definition) is 3. The van der Waals surface area contributed by atoms with E-state index in [1.54, 1.807) is 0 Å². The summed E-state index contributed by atoms with van der Waals surface area (Å²) < 4.78 is 26.9. The van der Waals surface area contributed by atoms with Crippen molar-refractivity contribution in [3.8, 4) is 0 Å². The summed E-state index contributed by atoms with van der Waals surface area (Å²) in [5, 5.41) is 0. The first kappa shape index (κ1) is 10.0. The van der Waals surface area contributed by atoms with Crippen molar-refractivity contribution < 1.29 is 42.5 Å². The minimum absolute atomic E-state index is 0. The predicted octanol–water partition coefficient (Wildman–Crippen LogP) is -3.67. The summed E-state index contributed by atoms with van der Waals surface area (Å²) in [6.07, 6.45) is 2.19. The normalized spacial score (nSPS) is 9.67. The Balaban J connectivity index is 0. The molecule has 0 saturated heterocycles. The molecule has 0 aliphatic rings. The van der Waals surface area contributed by atoms with Gasteiger partial charge in [-0.1, -0.05) is 0 Å². The molecule has 0 heterocycles. The van der Waals surface area contributed by atoms with E-state index in [1.807, 2.05) is 0 Å². The van der Waals surface area contributed by atoms with E-state index < -0.39 is 10.1 Å². The van der Waals surface area contributed by atoms with E-state index in [2.05, 4.69) is 6.26 Å². The second-order valence-corrected chi connectivity index (χ2v) is 1.67. The zero-order chi connectivity index (χ0) is 4.50. The van der Waals surface area contributed by atoms with Crippen molar-refractivity contribution >= 4 is 10.1 Å². The Morgan fingerprint density at radius 3 is 1.50 bits per heavy atom. The van der Waals surface area contributed by atoms with Crippen LogP contribution in [0.1, 0.15) is 0 Å². The Bertz CT molecular complexity index is 94.0. The van der Waals surface area contributed by atoms with Gasteiger partial charge < -0.3 is 4.55 Å². The van der Waals surface area contributed by atoms with E-state index in [0.717, 1.165) is 0 Å². The molecule has 0 amide bonds. The Kier molecular flexibility index (Phi) is 4.98. The van der Waals surface area contributed by atoms with Crippen molar-refractivity contribution in [2.24, 2.45) is 0 Å². The van der Waals surface area contributed by atoms with Crippen LogP contribution in [0.4, 0.5) is 0 Å². The van der Waals surface area contributed by atoms with Crippen molar-refractivity contribution in [2.45, 2.75) is 0 Å². The molecule has 0 saturated carbocycles. The van der Waals surface area contributed by atoms with E-state index >= 15 is 0 Å². The fourth-order valence-electron chi connectivity index (χ4n) is 0. The Labute approximate surface area is 58.8 Å². The van der Waals surface area contributed by atoms with Gasteiger partial charge in [0.2, 0.25) is 0 Å². The average Bonchev–Trinajstić information content (AvgIpc) is 0.722. The molecule has 0 atom stereocenters. The largest absolute Gasteiger partial charge is 1.00 e. The fraction of sp³-hybridized carbons (Fsp3) is 0. The third-order valence-electron chi connectivity index (χ3n) is 0. The van der Waals surface area contributed by atoms with E-state index in [4.69, 9.17) is 13.0 Å². The van der Waals surface area contributed by atoms with Gasteiger partial charge in [0.1, 0.15) is 0 Å². The average molecular weight is 117 g/mol. The first-order chi connectivity index (χ1) is 2.00. The van der Waals surface area contributed by atoms with Crippen LogP contribution in [0.5, 0.6) is 0 Å². The zero-order valence-corrected chi connectivity index (χ0v) is 6.16. The third-order valence-corrected chi connectivity index (χ3v) is 0. The topological polar surface area (TPSA) is 57.2 Å². The van der Waals surface area contributed by atoms with Gasteiger partial charge in [0.25, 0.3) is 0 Å². The van der Waals surface area contributed by atoms with Gasteiger partial charge in [-0.25, -0.2) is 8.42 Å². The van der Waals surface area contributed by atoms with Gasteiger partial charge in [-0.15, -0.1) is 0 Å². The molecule has 0 rings (SSSR count). The van der Waals surface area contributed by atoms with Crippen molar-refractivity contribution in [3.05, 3.63) is 6.26 Å². The second kappa shape index (κ2) is 2.98. The van der Waals surface area contributed by atoms with Crippen LogP contribution in [0.15, 0.2) is 0 Å². The smallest absolute Gasteiger partial charge is 0.748 e. The van der Waals surface area contributed by atoms with Gasteiger partial charge in [-0.2, -0.15) is 0 Å². The minimum Gasteiger partial charge on any atom is -0.748 e. The molecule has 0 fully saturated rings. The molecule has 0 aromatic rings. The maximum absolute atomic E-state index is 8.97. The van der Waals surface area contributed by atoms with Crippen LogP contribution >= 0.6 is 0 Å². The first-order valence-corrected chi connectivity index (χ1v) is 2.37. The molecule has 0 bridgehead atoms. The molecule has 0 aliphatic carbocycles. The Morgan fingerprint density at radius 1 is 1.50 bits per heavy atom. The van der Waals surface area contributed by atoms with Crippen molar-refractivity contribution in [2.75, 3.05) is 0 Å². The molecule has 0 spiro atoms. The fourth-order valence-corrected chi connectivity index (χ4v) is 0. The van der Waals surface area contributed by atoms with Gasteiger partial charge >= 0.3 is 29.6 Å². The predicted molar refractivity (Wildman–Crippen MR) is 15.1 cm³/mol. The summed E-state index contributed by atoms with van der Waals surface area (Å²) in [5.74, 6) is 0. The van der Waals surface area contributed by atoms with Gasteiger partial charge in [0.15, 0.2) is 0 Å². The maximum atomic E-state index is 8.97. The zero-order valence-electron chi connectivity index (χ0n) is 3.34. The SMILES string of the molecule is [CH2]S(=O)(=O)[O-].[Na+]. The number of hydrogen-bond donors (Lipinski definition) is 0. The van der Waals surface area contributed by atoms with E-state index in [1.165, 1.54) is 0 Å². The Hall–Kier alpha value is 0.910. The van der Waals surface area contributed by atoms with Crippen molar-refractivity contribution in [1.29, 1.82) is 0 Å². The maximum Gasteiger partial charge on any atom is 1.00 e. The monoisotopic (exact) mass is 117 g/mol. The Morgan fingerprint density at radius 2 is 1.50 bits per heavy atom. The van der Waals surface area contributed by atoms with Gasteiger partial charge in [0.05, 0.1) is 16.4 Å². The standard InChI is InChI=1S/CH3O3S.Na/c1-5(2,3)4;/h1H2,(H,2,3,4);/q;+1/p-1. The van der Waals surface area contributed by atoms with Crippen LogP contribution < -0.4 is 29.6 Å². The second-order valence-electron chi connectivity index (χ2n) is 0.558. The molecule has 31 valence electrons. The van der Waals surface area contributed by atoms with Crippen LogP contribution in [0, 0.1) is 6.26 Å². The molecule has 6 heavy (non-hydrogen) atoms. The summed E-state index contributed by atoms with van der Waals surface area (Å²) in [5.41, 5.74) is 0. The molecule has 0 aliphatic heterocycles. The van der Waals surface area contributed by atoms with E-state index in [-0.39, 0.29) is 29.6 Å². The van der Waals surface area contributed by atoms with E-state index in [9.17, 15) is 0 Å².